The summed E-state index contributed by atoms with van der Waals surface area (Å²) in [5.74, 6) is 0.266. The molecule has 0 aromatic heterocycles. The van der Waals surface area contributed by atoms with Gasteiger partial charge in [0.25, 0.3) is 0 Å². The normalized spacial score (nSPS) is 11.2. The highest BCUT2D eigenvalue weighted by molar-refractivity contribution is 5.89. The second-order valence-corrected chi connectivity index (χ2v) is 8.30. The molecule has 0 atom stereocenters. The lowest BCUT2D eigenvalue weighted by Gasteiger charge is -2.12. The van der Waals surface area contributed by atoms with Crippen LogP contribution < -0.4 is 9.47 Å². The number of rotatable bonds is 8. The molecule has 0 N–H and O–H groups in total. The van der Waals surface area contributed by atoms with Gasteiger partial charge in [0, 0.05) is 16.7 Å². The average Bonchev–Trinajstić information content (AvgIpc) is 2.84. The summed E-state index contributed by atoms with van der Waals surface area (Å²) in [7, 11) is 0. The van der Waals surface area contributed by atoms with Gasteiger partial charge in [-0.25, -0.2) is 14.0 Å². The smallest absolute Gasteiger partial charge is 0.338 e. The van der Waals surface area contributed by atoms with E-state index in [2.05, 4.69) is 13.2 Å². The number of carbonyl (C=O) groups is 2. The van der Waals surface area contributed by atoms with Gasteiger partial charge >= 0.3 is 11.9 Å². The highest BCUT2D eigenvalue weighted by Crippen LogP contribution is 2.30. The first-order valence-electron chi connectivity index (χ1n) is 11.2. The summed E-state index contributed by atoms with van der Waals surface area (Å²) in [5, 5.41) is 0. The Morgan fingerprint density at radius 1 is 0.639 bits per heavy atom. The van der Waals surface area contributed by atoms with E-state index in [0.717, 1.165) is 5.56 Å². The van der Waals surface area contributed by atoms with Crippen molar-refractivity contribution in [2.24, 2.45) is 0 Å². The Bertz CT molecular complexity index is 1350. The molecular weight excluding hydrogens is 459 g/mol. The summed E-state index contributed by atoms with van der Waals surface area (Å²) < 4.78 is 31.1. The van der Waals surface area contributed by atoms with Crippen LogP contribution in [0.2, 0.25) is 0 Å². The number of hydrogen-bond donors (Lipinski definition) is 0. The van der Waals surface area contributed by atoms with E-state index in [-0.39, 0.29) is 5.82 Å². The zero-order valence-electron chi connectivity index (χ0n) is 20.7. The molecule has 184 valence electrons. The Kier molecular flexibility index (Phi) is 8.22. The molecule has 36 heavy (non-hydrogen) atoms. The Morgan fingerprint density at radius 3 is 1.67 bits per heavy atom. The number of benzene rings is 3. The molecule has 0 aliphatic heterocycles. The van der Waals surface area contributed by atoms with Gasteiger partial charge in [-0.15, -0.1) is 0 Å². The standard InChI is InChI=1S/C30H27FO5/c1-18(2)29(32)35-21(6)20(5)34-25-14-9-23(10-15-25)27-16-11-24(17-28(27)31)22-7-12-26(13-8-22)36-30(33)19(3)4/h7-17H,1,3H2,2,4-6H3. The Morgan fingerprint density at radius 2 is 1.14 bits per heavy atom. The minimum atomic E-state index is -0.521. The molecule has 3 rings (SSSR count). The van der Waals surface area contributed by atoms with E-state index in [9.17, 15) is 14.0 Å². The lowest BCUT2D eigenvalue weighted by molar-refractivity contribution is -0.135. The molecule has 5 nitrogen and oxygen atoms in total. The summed E-state index contributed by atoms with van der Waals surface area (Å²) in [6, 6.07) is 18.7. The SMILES string of the molecule is C=C(C)C(=O)OC(C)=C(C)Oc1ccc(-c2ccc(-c3ccc(OC(=O)C(=C)C)cc3)cc2F)cc1. The van der Waals surface area contributed by atoms with Crippen LogP contribution in [-0.4, -0.2) is 11.9 Å². The highest BCUT2D eigenvalue weighted by Gasteiger charge is 2.11. The molecule has 3 aromatic rings. The lowest BCUT2D eigenvalue weighted by atomic mass is 9.99. The van der Waals surface area contributed by atoms with Crippen molar-refractivity contribution in [3.63, 3.8) is 0 Å². The Hall–Kier alpha value is -4.45. The van der Waals surface area contributed by atoms with Crippen LogP contribution in [0.3, 0.4) is 0 Å². The Labute approximate surface area is 210 Å². The molecule has 0 saturated carbocycles. The van der Waals surface area contributed by atoms with E-state index in [1.165, 1.54) is 6.07 Å². The van der Waals surface area contributed by atoms with E-state index in [0.29, 0.717) is 50.9 Å². The molecule has 0 heterocycles. The number of esters is 2. The summed E-state index contributed by atoms with van der Waals surface area (Å²) in [6.07, 6.45) is 0. The third-order valence-electron chi connectivity index (χ3n) is 5.24. The van der Waals surface area contributed by atoms with Gasteiger partial charge in [0.1, 0.15) is 28.8 Å². The number of ether oxygens (including phenoxy) is 3. The predicted molar refractivity (Wildman–Crippen MR) is 138 cm³/mol. The van der Waals surface area contributed by atoms with Crippen LogP contribution >= 0.6 is 0 Å². The minimum absolute atomic E-state index is 0.292. The van der Waals surface area contributed by atoms with Gasteiger partial charge in [0.05, 0.1) is 0 Å². The predicted octanol–water partition coefficient (Wildman–Crippen LogP) is 7.39. The third kappa shape index (κ3) is 6.57. The summed E-state index contributed by atoms with van der Waals surface area (Å²) >= 11 is 0. The Balaban J connectivity index is 1.72. The number of halogens is 1. The van der Waals surface area contributed by atoms with E-state index < -0.39 is 11.9 Å². The van der Waals surface area contributed by atoms with E-state index in [1.54, 1.807) is 82.3 Å². The van der Waals surface area contributed by atoms with Gasteiger partial charge in [-0.3, -0.25) is 0 Å². The van der Waals surface area contributed by atoms with Crippen molar-refractivity contribution in [2.45, 2.75) is 27.7 Å². The fourth-order valence-electron chi connectivity index (χ4n) is 3.09. The fourth-order valence-corrected chi connectivity index (χ4v) is 3.09. The molecule has 0 unspecified atom stereocenters. The first-order chi connectivity index (χ1) is 17.0. The molecule has 0 amide bonds. The van der Waals surface area contributed by atoms with Gasteiger partial charge in [0.2, 0.25) is 0 Å². The average molecular weight is 487 g/mol. The summed E-state index contributed by atoms with van der Waals surface area (Å²) in [5.41, 5.74) is 3.19. The zero-order chi connectivity index (χ0) is 26.4. The van der Waals surface area contributed by atoms with Crippen LogP contribution in [0.1, 0.15) is 27.7 Å². The summed E-state index contributed by atoms with van der Waals surface area (Å²) in [6.45, 7) is 13.6. The monoisotopic (exact) mass is 486 g/mol. The van der Waals surface area contributed by atoms with Crippen LogP contribution in [0, 0.1) is 5.82 Å². The second kappa shape index (κ2) is 11.3. The largest absolute Gasteiger partial charge is 0.459 e. The van der Waals surface area contributed by atoms with Crippen LogP contribution in [0.25, 0.3) is 22.3 Å². The first-order valence-corrected chi connectivity index (χ1v) is 11.2. The molecule has 6 heteroatoms. The highest BCUT2D eigenvalue weighted by atomic mass is 19.1. The van der Waals surface area contributed by atoms with Crippen LogP contribution in [0.5, 0.6) is 11.5 Å². The van der Waals surface area contributed by atoms with Gasteiger partial charge in [-0.1, -0.05) is 49.6 Å². The van der Waals surface area contributed by atoms with Crippen LogP contribution in [-0.2, 0) is 14.3 Å². The lowest BCUT2D eigenvalue weighted by Crippen LogP contribution is -2.07. The molecule has 3 aromatic carbocycles. The second-order valence-electron chi connectivity index (χ2n) is 8.30. The molecule has 0 aliphatic rings. The molecule has 0 saturated heterocycles. The zero-order valence-corrected chi connectivity index (χ0v) is 20.7. The van der Waals surface area contributed by atoms with Gasteiger partial charge < -0.3 is 14.2 Å². The number of hydrogen-bond acceptors (Lipinski definition) is 5. The summed E-state index contributed by atoms with van der Waals surface area (Å²) in [4.78, 5) is 23.3. The molecule has 0 bridgehead atoms. The molecule has 0 spiro atoms. The fraction of sp³-hybridized carbons (Fsp3) is 0.133. The van der Waals surface area contributed by atoms with Crippen molar-refractivity contribution in [3.8, 4) is 33.8 Å². The van der Waals surface area contributed by atoms with Crippen molar-refractivity contribution in [1.82, 2.24) is 0 Å². The molecule has 0 fully saturated rings. The van der Waals surface area contributed by atoms with Crippen molar-refractivity contribution in [1.29, 1.82) is 0 Å². The van der Waals surface area contributed by atoms with Crippen LogP contribution in [0.15, 0.2) is 103 Å². The van der Waals surface area contributed by atoms with Gasteiger partial charge in [0.15, 0.2) is 0 Å². The van der Waals surface area contributed by atoms with Gasteiger partial charge in [-0.05, 0) is 74.7 Å². The van der Waals surface area contributed by atoms with Crippen molar-refractivity contribution in [3.05, 3.63) is 108 Å². The topological polar surface area (TPSA) is 61.8 Å². The molecule has 0 aliphatic carbocycles. The maximum absolute atomic E-state index is 15.0. The van der Waals surface area contributed by atoms with Crippen molar-refractivity contribution < 1.29 is 28.2 Å². The first kappa shape index (κ1) is 26.2. The van der Waals surface area contributed by atoms with Crippen LogP contribution in [0.4, 0.5) is 4.39 Å². The van der Waals surface area contributed by atoms with E-state index in [1.807, 2.05) is 6.07 Å². The quantitative estimate of drug-likeness (QED) is 0.144. The number of carbonyl (C=O) groups excluding carboxylic acids is 2. The maximum Gasteiger partial charge on any atom is 0.338 e. The van der Waals surface area contributed by atoms with Crippen molar-refractivity contribution >= 4 is 11.9 Å². The number of allylic oxidation sites excluding steroid dienone is 2. The van der Waals surface area contributed by atoms with Gasteiger partial charge in [-0.2, -0.15) is 0 Å². The van der Waals surface area contributed by atoms with E-state index in [4.69, 9.17) is 14.2 Å². The molecule has 0 radical (unpaired) electrons. The minimum Gasteiger partial charge on any atom is -0.459 e. The molecular formula is C30H27FO5. The van der Waals surface area contributed by atoms with Crippen molar-refractivity contribution in [2.75, 3.05) is 0 Å². The maximum atomic E-state index is 15.0. The third-order valence-corrected chi connectivity index (χ3v) is 5.24. The van der Waals surface area contributed by atoms with E-state index >= 15 is 0 Å².